The Bertz CT molecular complexity index is 573. The van der Waals surface area contributed by atoms with Crippen LogP contribution in [0.3, 0.4) is 0 Å². The van der Waals surface area contributed by atoms with Gasteiger partial charge in [-0.25, -0.2) is 0 Å². The molecule has 0 atom stereocenters. The highest BCUT2D eigenvalue weighted by molar-refractivity contribution is 5.88. The van der Waals surface area contributed by atoms with Crippen molar-refractivity contribution in [2.75, 3.05) is 5.43 Å². The molecule has 0 unspecified atom stereocenters. The average molecular weight is 254 g/mol. The summed E-state index contributed by atoms with van der Waals surface area (Å²) < 4.78 is 0. The van der Waals surface area contributed by atoms with Crippen LogP contribution in [0.1, 0.15) is 31.0 Å². The number of nitrogens with two attached hydrogens (primary N) is 1. The molecule has 98 valence electrons. The zero-order valence-corrected chi connectivity index (χ0v) is 11.1. The smallest absolute Gasteiger partial charge is 0.0573 e. The molecule has 4 heteroatoms. The van der Waals surface area contributed by atoms with Crippen molar-refractivity contribution in [3.8, 4) is 11.1 Å². The third-order valence-electron chi connectivity index (χ3n) is 3.07. The van der Waals surface area contributed by atoms with Crippen LogP contribution in [0.2, 0.25) is 0 Å². The summed E-state index contributed by atoms with van der Waals surface area (Å²) in [6.45, 7) is 4.24. The lowest BCUT2D eigenvalue weighted by molar-refractivity contribution is 0.823. The molecule has 0 fully saturated rings. The zero-order chi connectivity index (χ0) is 13.8. The number of hydrazine groups is 1. The molecule has 0 bridgehead atoms. The molecule has 4 N–H and O–H groups in total. The van der Waals surface area contributed by atoms with Gasteiger partial charge in [0.25, 0.3) is 0 Å². The minimum atomic E-state index is 0.426. The van der Waals surface area contributed by atoms with Gasteiger partial charge in [-0.2, -0.15) is 0 Å². The Morgan fingerprint density at radius 3 is 2.47 bits per heavy atom. The number of benzene rings is 1. The van der Waals surface area contributed by atoms with E-state index in [1.165, 1.54) is 6.21 Å². The molecule has 2 rings (SSSR count). The highest BCUT2D eigenvalue weighted by Gasteiger charge is 2.05. The summed E-state index contributed by atoms with van der Waals surface area (Å²) in [6, 6.07) is 9.86. The van der Waals surface area contributed by atoms with E-state index in [-0.39, 0.29) is 0 Å². The van der Waals surface area contributed by atoms with Crippen molar-refractivity contribution in [1.82, 2.24) is 4.98 Å². The predicted octanol–water partition coefficient (Wildman–Crippen LogP) is 3.16. The van der Waals surface area contributed by atoms with E-state index in [4.69, 9.17) is 11.3 Å². The zero-order valence-electron chi connectivity index (χ0n) is 11.1. The monoisotopic (exact) mass is 254 g/mol. The van der Waals surface area contributed by atoms with E-state index in [9.17, 15) is 0 Å². The average Bonchev–Trinajstić information content (AvgIpc) is 2.46. The van der Waals surface area contributed by atoms with Crippen molar-refractivity contribution < 1.29 is 0 Å². The van der Waals surface area contributed by atoms with Gasteiger partial charge in [0.05, 0.1) is 5.69 Å². The Morgan fingerprint density at radius 1 is 1.21 bits per heavy atom. The van der Waals surface area contributed by atoms with Crippen molar-refractivity contribution in [3.05, 3.63) is 47.8 Å². The van der Waals surface area contributed by atoms with Gasteiger partial charge in [0.15, 0.2) is 0 Å². The molecule has 1 heterocycles. The SMILES string of the molecule is CC(C)c1ccc(-c2ccc(NN)c(C=N)c2)cn1. The van der Waals surface area contributed by atoms with Crippen molar-refractivity contribution in [2.45, 2.75) is 19.8 Å². The predicted molar refractivity (Wildman–Crippen MR) is 79.5 cm³/mol. The van der Waals surface area contributed by atoms with E-state index in [2.05, 4.69) is 30.3 Å². The Morgan fingerprint density at radius 2 is 1.95 bits per heavy atom. The van der Waals surface area contributed by atoms with E-state index < -0.39 is 0 Å². The van der Waals surface area contributed by atoms with Crippen LogP contribution in [-0.2, 0) is 0 Å². The lowest BCUT2D eigenvalue weighted by Crippen LogP contribution is -2.08. The maximum absolute atomic E-state index is 7.40. The number of nitrogens with one attached hydrogen (secondary N) is 2. The molecule has 19 heavy (non-hydrogen) atoms. The minimum Gasteiger partial charge on any atom is -0.323 e. The molecule has 0 spiro atoms. The Labute approximate surface area is 113 Å². The molecule has 0 aliphatic heterocycles. The van der Waals surface area contributed by atoms with Crippen molar-refractivity contribution in [3.63, 3.8) is 0 Å². The number of hydrogen-bond acceptors (Lipinski definition) is 4. The van der Waals surface area contributed by atoms with Gasteiger partial charge in [0.1, 0.15) is 0 Å². The summed E-state index contributed by atoms with van der Waals surface area (Å²) in [4.78, 5) is 4.46. The van der Waals surface area contributed by atoms with Crippen molar-refractivity contribution >= 4 is 11.9 Å². The van der Waals surface area contributed by atoms with Gasteiger partial charge >= 0.3 is 0 Å². The van der Waals surface area contributed by atoms with E-state index >= 15 is 0 Å². The van der Waals surface area contributed by atoms with Crippen LogP contribution in [0.5, 0.6) is 0 Å². The quantitative estimate of drug-likeness (QED) is 0.445. The Balaban J connectivity index is 2.38. The summed E-state index contributed by atoms with van der Waals surface area (Å²) in [7, 11) is 0. The molecule has 1 aromatic heterocycles. The van der Waals surface area contributed by atoms with Crippen molar-refractivity contribution in [2.24, 2.45) is 5.84 Å². The van der Waals surface area contributed by atoms with Gasteiger partial charge in [-0.3, -0.25) is 10.8 Å². The topological polar surface area (TPSA) is 74.8 Å². The summed E-state index contributed by atoms with van der Waals surface area (Å²) in [5.41, 5.74) is 7.23. The fourth-order valence-electron chi connectivity index (χ4n) is 1.91. The number of aromatic nitrogens is 1. The van der Waals surface area contributed by atoms with Crippen LogP contribution in [0.25, 0.3) is 11.1 Å². The number of rotatable bonds is 4. The largest absolute Gasteiger partial charge is 0.323 e. The second kappa shape index (κ2) is 5.63. The minimum absolute atomic E-state index is 0.426. The van der Waals surface area contributed by atoms with Crippen LogP contribution in [0.15, 0.2) is 36.5 Å². The highest BCUT2D eigenvalue weighted by atomic mass is 15.2. The van der Waals surface area contributed by atoms with Crippen LogP contribution >= 0.6 is 0 Å². The molecule has 0 radical (unpaired) electrons. The van der Waals surface area contributed by atoms with Crippen LogP contribution in [0.4, 0.5) is 5.69 Å². The van der Waals surface area contributed by atoms with Gasteiger partial charge in [0.2, 0.25) is 0 Å². The van der Waals surface area contributed by atoms with E-state index in [0.29, 0.717) is 5.92 Å². The summed E-state index contributed by atoms with van der Waals surface area (Å²) in [5, 5.41) is 7.40. The first-order valence-electron chi connectivity index (χ1n) is 6.23. The Kier molecular flexibility index (Phi) is 3.92. The first-order valence-corrected chi connectivity index (χ1v) is 6.23. The molecule has 4 nitrogen and oxygen atoms in total. The van der Waals surface area contributed by atoms with Gasteiger partial charge in [-0.05, 0) is 29.7 Å². The summed E-state index contributed by atoms with van der Waals surface area (Å²) in [5.74, 6) is 5.83. The van der Waals surface area contributed by atoms with E-state index in [0.717, 1.165) is 28.1 Å². The number of nitrogens with zero attached hydrogens (tertiary/aromatic N) is 1. The van der Waals surface area contributed by atoms with E-state index in [1.807, 2.05) is 30.5 Å². The lowest BCUT2D eigenvalue weighted by Gasteiger charge is -2.09. The number of pyridine rings is 1. The third kappa shape index (κ3) is 2.80. The van der Waals surface area contributed by atoms with Gasteiger partial charge in [-0.1, -0.05) is 26.0 Å². The van der Waals surface area contributed by atoms with Crippen LogP contribution in [0, 0.1) is 5.41 Å². The van der Waals surface area contributed by atoms with Gasteiger partial charge < -0.3 is 10.8 Å². The van der Waals surface area contributed by atoms with Crippen LogP contribution in [-0.4, -0.2) is 11.2 Å². The number of nitrogen functional groups attached to an aromatic ring is 1. The molecule has 0 saturated heterocycles. The molecule has 0 aliphatic carbocycles. The standard InChI is InChI=1S/C15H18N4/c1-10(2)14-5-4-12(9-18-14)11-3-6-15(19-17)13(7-11)8-16/h3-10,16,19H,17H2,1-2H3. The number of hydrogen-bond donors (Lipinski definition) is 3. The summed E-state index contributed by atoms with van der Waals surface area (Å²) in [6.07, 6.45) is 3.16. The fourth-order valence-corrected chi connectivity index (χ4v) is 1.91. The molecule has 0 saturated carbocycles. The third-order valence-corrected chi connectivity index (χ3v) is 3.07. The first kappa shape index (κ1) is 13.2. The van der Waals surface area contributed by atoms with Gasteiger partial charge in [-0.15, -0.1) is 0 Å². The number of anilines is 1. The fraction of sp³-hybridized carbons (Fsp3) is 0.200. The van der Waals surface area contributed by atoms with E-state index in [1.54, 1.807) is 0 Å². The molecule has 0 amide bonds. The first-order chi connectivity index (χ1) is 9.15. The normalized spacial score (nSPS) is 10.5. The lowest BCUT2D eigenvalue weighted by atomic mass is 10.0. The second-order valence-electron chi connectivity index (χ2n) is 4.72. The molecular weight excluding hydrogens is 236 g/mol. The van der Waals surface area contributed by atoms with Gasteiger partial charge in [0, 0.05) is 29.2 Å². The molecular formula is C15H18N4. The summed E-state index contributed by atoms with van der Waals surface area (Å²) >= 11 is 0. The maximum atomic E-state index is 7.40. The maximum Gasteiger partial charge on any atom is 0.0573 e. The van der Waals surface area contributed by atoms with Crippen LogP contribution < -0.4 is 11.3 Å². The molecule has 2 aromatic rings. The Hall–Kier alpha value is -2.20. The second-order valence-corrected chi connectivity index (χ2v) is 4.72. The molecule has 1 aromatic carbocycles. The highest BCUT2D eigenvalue weighted by Crippen LogP contribution is 2.24. The van der Waals surface area contributed by atoms with Crippen molar-refractivity contribution in [1.29, 1.82) is 5.41 Å². The molecule has 0 aliphatic rings.